The van der Waals surface area contributed by atoms with Crippen LogP contribution in [0.4, 0.5) is 4.39 Å². The molecule has 3 aromatic rings. The summed E-state index contributed by atoms with van der Waals surface area (Å²) in [6.07, 6.45) is 0.704. The van der Waals surface area contributed by atoms with E-state index >= 15 is 0 Å². The van der Waals surface area contributed by atoms with Crippen molar-refractivity contribution in [2.75, 3.05) is 0 Å². The molecule has 1 heterocycles. The van der Waals surface area contributed by atoms with Gasteiger partial charge in [0.1, 0.15) is 22.7 Å². The number of aromatic nitrogens is 2. The lowest BCUT2D eigenvalue weighted by atomic mass is 10.1. The molecule has 0 saturated carbocycles. The number of ether oxygens (including phenoxy) is 1. The summed E-state index contributed by atoms with van der Waals surface area (Å²) in [5.41, 5.74) is 2.88. The van der Waals surface area contributed by atoms with Gasteiger partial charge in [0.2, 0.25) is 0 Å². The first-order valence-electron chi connectivity index (χ1n) is 7.77. The van der Waals surface area contributed by atoms with Gasteiger partial charge in [-0.25, -0.2) is 4.39 Å². The van der Waals surface area contributed by atoms with Gasteiger partial charge in [-0.15, -0.1) is 0 Å². The average molecular weight is 389 g/mol. The SMILES string of the molecule is Cc1nn(CCc2cccc(F)c2)c(Br)c1OCc1ccccc1. The van der Waals surface area contributed by atoms with Crippen LogP contribution in [0.2, 0.25) is 0 Å². The smallest absolute Gasteiger partial charge is 0.175 e. The number of nitrogens with zero attached hydrogens (tertiary/aromatic N) is 2. The topological polar surface area (TPSA) is 27.1 Å². The van der Waals surface area contributed by atoms with E-state index < -0.39 is 0 Å². The van der Waals surface area contributed by atoms with E-state index in [1.807, 2.05) is 48.0 Å². The maximum atomic E-state index is 13.3. The molecule has 3 nitrogen and oxygen atoms in total. The number of benzene rings is 2. The molecule has 2 aromatic carbocycles. The van der Waals surface area contributed by atoms with Gasteiger partial charge < -0.3 is 4.74 Å². The van der Waals surface area contributed by atoms with Crippen LogP contribution < -0.4 is 4.74 Å². The largest absolute Gasteiger partial charge is 0.484 e. The highest BCUT2D eigenvalue weighted by molar-refractivity contribution is 9.10. The van der Waals surface area contributed by atoms with Crippen molar-refractivity contribution in [1.29, 1.82) is 0 Å². The maximum absolute atomic E-state index is 13.3. The van der Waals surface area contributed by atoms with Gasteiger partial charge in [0.15, 0.2) is 5.75 Å². The van der Waals surface area contributed by atoms with Gasteiger partial charge >= 0.3 is 0 Å². The molecule has 0 radical (unpaired) electrons. The van der Waals surface area contributed by atoms with Crippen LogP contribution in [0.3, 0.4) is 0 Å². The minimum Gasteiger partial charge on any atom is -0.484 e. The molecule has 0 saturated heterocycles. The molecule has 24 heavy (non-hydrogen) atoms. The maximum Gasteiger partial charge on any atom is 0.175 e. The van der Waals surface area contributed by atoms with Crippen molar-refractivity contribution in [1.82, 2.24) is 9.78 Å². The molecule has 3 rings (SSSR count). The third-order valence-electron chi connectivity index (χ3n) is 3.74. The third-order valence-corrected chi connectivity index (χ3v) is 4.51. The molecule has 0 aliphatic carbocycles. The van der Waals surface area contributed by atoms with Crippen LogP contribution >= 0.6 is 15.9 Å². The molecule has 0 N–H and O–H groups in total. The van der Waals surface area contributed by atoms with Crippen molar-refractivity contribution in [3.8, 4) is 5.75 Å². The fraction of sp³-hybridized carbons (Fsp3) is 0.211. The molecule has 0 atom stereocenters. The Morgan fingerprint density at radius 2 is 1.83 bits per heavy atom. The molecule has 0 amide bonds. The third kappa shape index (κ3) is 4.03. The molecule has 0 fully saturated rings. The van der Waals surface area contributed by atoms with Crippen molar-refractivity contribution in [2.45, 2.75) is 26.5 Å². The summed E-state index contributed by atoms with van der Waals surface area (Å²) < 4.78 is 21.8. The summed E-state index contributed by atoms with van der Waals surface area (Å²) in [7, 11) is 0. The highest BCUT2D eigenvalue weighted by Gasteiger charge is 2.14. The summed E-state index contributed by atoms with van der Waals surface area (Å²) >= 11 is 3.57. The van der Waals surface area contributed by atoms with Crippen LogP contribution in [0.5, 0.6) is 5.75 Å². The van der Waals surface area contributed by atoms with E-state index in [1.165, 1.54) is 6.07 Å². The molecule has 5 heteroatoms. The molecule has 1 aromatic heterocycles. The zero-order chi connectivity index (χ0) is 16.9. The second-order valence-electron chi connectivity index (χ2n) is 5.58. The van der Waals surface area contributed by atoms with Crippen LogP contribution in [0.15, 0.2) is 59.2 Å². The van der Waals surface area contributed by atoms with Gasteiger partial charge in [-0.1, -0.05) is 42.5 Å². The Morgan fingerprint density at radius 3 is 2.58 bits per heavy atom. The summed E-state index contributed by atoms with van der Waals surface area (Å²) in [5.74, 6) is 0.535. The van der Waals surface area contributed by atoms with Crippen molar-refractivity contribution < 1.29 is 9.13 Å². The van der Waals surface area contributed by atoms with Crippen LogP contribution in [0, 0.1) is 12.7 Å². The van der Waals surface area contributed by atoms with Crippen LogP contribution in [-0.4, -0.2) is 9.78 Å². The Balaban J connectivity index is 1.67. The quantitative estimate of drug-likeness (QED) is 0.599. The highest BCUT2D eigenvalue weighted by atomic mass is 79.9. The van der Waals surface area contributed by atoms with Crippen molar-refractivity contribution in [3.05, 3.63) is 81.8 Å². The predicted molar refractivity (Wildman–Crippen MR) is 95.5 cm³/mol. The van der Waals surface area contributed by atoms with Crippen LogP contribution in [-0.2, 0) is 19.6 Å². The van der Waals surface area contributed by atoms with Crippen LogP contribution in [0.25, 0.3) is 0 Å². The van der Waals surface area contributed by atoms with E-state index in [2.05, 4.69) is 21.0 Å². The first-order chi connectivity index (χ1) is 11.6. The molecule has 0 aliphatic rings. The molecule has 0 spiro atoms. The minimum absolute atomic E-state index is 0.213. The zero-order valence-corrected chi connectivity index (χ0v) is 15.0. The lowest BCUT2D eigenvalue weighted by molar-refractivity contribution is 0.301. The Morgan fingerprint density at radius 1 is 1.08 bits per heavy atom. The fourth-order valence-electron chi connectivity index (χ4n) is 2.51. The van der Waals surface area contributed by atoms with Gasteiger partial charge in [-0.3, -0.25) is 4.68 Å². The monoisotopic (exact) mass is 388 g/mol. The van der Waals surface area contributed by atoms with Gasteiger partial charge in [0.25, 0.3) is 0 Å². The number of aryl methyl sites for hydroxylation is 3. The molecular formula is C19H18BrFN2O. The summed E-state index contributed by atoms with van der Waals surface area (Å²) in [6.45, 7) is 3.07. The average Bonchev–Trinajstić information content (AvgIpc) is 2.86. The highest BCUT2D eigenvalue weighted by Crippen LogP contribution is 2.29. The second kappa shape index (κ2) is 7.62. The summed E-state index contributed by atoms with van der Waals surface area (Å²) in [4.78, 5) is 0. The lowest BCUT2D eigenvalue weighted by Gasteiger charge is -2.07. The Kier molecular flexibility index (Phi) is 5.30. The molecule has 0 bridgehead atoms. The van der Waals surface area contributed by atoms with Crippen molar-refractivity contribution in [2.24, 2.45) is 0 Å². The fourth-order valence-corrected chi connectivity index (χ4v) is 3.16. The molecular weight excluding hydrogens is 371 g/mol. The first kappa shape index (κ1) is 16.7. The van der Waals surface area contributed by atoms with E-state index in [4.69, 9.17) is 4.74 Å². The van der Waals surface area contributed by atoms with E-state index in [0.717, 1.165) is 27.2 Å². The first-order valence-corrected chi connectivity index (χ1v) is 8.57. The van der Waals surface area contributed by atoms with E-state index in [0.29, 0.717) is 19.6 Å². The second-order valence-corrected chi connectivity index (χ2v) is 6.33. The van der Waals surface area contributed by atoms with Gasteiger partial charge in [0, 0.05) is 6.54 Å². The van der Waals surface area contributed by atoms with E-state index in [9.17, 15) is 4.39 Å². The number of halogens is 2. The Bertz CT molecular complexity index is 817. The number of rotatable bonds is 6. The lowest BCUT2D eigenvalue weighted by Crippen LogP contribution is -2.04. The van der Waals surface area contributed by atoms with E-state index in [-0.39, 0.29) is 5.82 Å². The van der Waals surface area contributed by atoms with Gasteiger partial charge in [0.05, 0.1) is 0 Å². The van der Waals surface area contributed by atoms with E-state index in [1.54, 1.807) is 12.1 Å². The van der Waals surface area contributed by atoms with Crippen molar-refractivity contribution >= 4 is 15.9 Å². The summed E-state index contributed by atoms with van der Waals surface area (Å²) in [5, 5.41) is 4.51. The number of hydrogen-bond donors (Lipinski definition) is 0. The molecule has 0 aliphatic heterocycles. The van der Waals surface area contributed by atoms with Gasteiger partial charge in [-0.05, 0) is 52.5 Å². The standard InChI is InChI=1S/C19H18BrFN2O/c1-14-18(24-13-16-6-3-2-4-7-16)19(20)23(22-14)11-10-15-8-5-9-17(21)12-15/h2-9,12H,10-11,13H2,1H3. The van der Waals surface area contributed by atoms with Crippen molar-refractivity contribution in [3.63, 3.8) is 0 Å². The normalized spacial score (nSPS) is 10.8. The molecule has 0 unspecified atom stereocenters. The minimum atomic E-state index is -0.213. The predicted octanol–water partition coefficient (Wildman–Crippen LogP) is 4.91. The number of hydrogen-bond acceptors (Lipinski definition) is 2. The molecule has 124 valence electrons. The Hall–Kier alpha value is -2.14. The van der Waals surface area contributed by atoms with Crippen LogP contribution in [0.1, 0.15) is 16.8 Å². The zero-order valence-electron chi connectivity index (χ0n) is 13.4. The van der Waals surface area contributed by atoms with Gasteiger partial charge in [-0.2, -0.15) is 5.10 Å². The Labute approximate surface area is 149 Å². The summed E-state index contributed by atoms with van der Waals surface area (Å²) in [6, 6.07) is 16.7.